The van der Waals surface area contributed by atoms with Gasteiger partial charge in [0.1, 0.15) is 6.17 Å². The summed E-state index contributed by atoms with van der Waals surface area (Å²) in [7, 11) is 0. The summed E-state index contributed by atoms with van der Waals surface area (Å²) in [4.78, 5) is 4.99. The Kier molecular flexibility index (Phi) is 5.64. The van der Waals surface area contributed by atoms with Gasteiger partial charge in [0.05, 0.1) is 6.61 Å². The lowest BCUT2D eigenvalue weighted by atomic mass is 9.93. The zero-order chi connectivity index (χ0) is 22.1. The maximum Gasteiger partial charge on any atom is 0.231 e. The molecule has 3 aromatic rings. The lowest BCUT2D eigenvalue weighted by Crippen LogP contribution is -2.33. The van der Waals surface area contributed by atoms with E-state index in [1.54, 1.807) is 6.07 Å². The van der Waals surface area contributed by atoms with E-state index in [0.29, 0.717) is 29.5 Å². The second-order valence-corrected chi connectivity index (χ2v) is 8.08. The van der Waals surface area contributed by atoms with E-state index in [1.165, 1.54) is 0 Å². The van der Waals surface area contributed by atoms with Crippen LogP contribution in [0.25, 0.3) is 0 Å². The third-order valence-electron chi connectivity index (χ3n) is 5.64. The molecule has 0 fully saturated rings. The first-order chi connectivity index (χ1) is 15.6. The number of nitrogens with zero attached hydrogens (tertiary/aromatic N) is 1. The first-order valence-electron chi connectivity index (χ1n) is 10.5. The van der Waals surface area contributed by atoms with Crippen molar-refractivity contribution in [3.8, 4) is 23.0 Å². The molecule has 0 saturated heterocycles. The number of hydrogen-bond donors (Lipinski definition) is 2. The van der Waals surface area contributed by atoms with E-state index in [2.05, 4.69) is 5.32 Å². The van der Waals surface area contributed by atoms with Gasteiger partial charge in [0.25, 0.3) is 0 Å². The summed E-state index contributed by atoms with van der Waals surface area (Å²) in [5, 5.41) is 15.1. The predicted molar refractivity (Wildman–Crippen MR) is 123 cm³/mol. The number of rotatable bonds is 5. The molecule has 0 unspecified atom stereocenters. The molecule has 2 aliphatic heterocycles. The number of aliphatic imine (C=N–C) groups is 1. The van der Waals surface area contributed by atoms with E-state index in [4.69, 9.17) is 30.8 Å². The minimum Gasteiger partial charge on any atom is -0.504 e. The van der Waals surface area contributed by atoms with Crippen LogP contribution in [0.4, 0.5) is 0 Å². The van der Waals surface area contributed by atoms with Gasteiger partial charge in [-0.15, -0.1) is 0 Å². The van der Waals surface area contributed by atoms with E-state index in [0.717, 1.165) is 28.2 Å². The molecular weight excluding hydrogens is 428 g/mol. The van der Waals surface area contributed by atoms with E-state index < -0.39 is 0 Å². The van der Waals surface area contributed by atoms with Crippen molar-refractivity contribution < 1.29 is 19.3 Å². The van der Waals surface area contributed by atoms with Gasteiger partial charge < -0.3 is 19.3 Å². The molecule has 0 radical (unpaired) electrons. The zero-order valence-electron chi connectivity index (χ0n) is 17.5. The molecule has 0 saturated carbocycles. The van der Waals surface area contributed by atoms with Crippen molar-refractivity contribution in [2.75, 3.05) is 13.4 Å². The number of halogens is 1. The third kappa shape index (κ3) is 3.99. The molecule has 0 bridgehead atoms. The number of benzene rings is 3. The Hall–Kier alpha value is -3.22. The molecule has 2 N–H and O–H groups in total. The first kappa shape index (κ1) is 20.7. The number of ether oxygens (including phenoxy) is 3. The van der Waals surface area contributed by atoms with Crippen molar-refractivity contribution in [3.63, 3.8) is 0 Å². The van der Waals surface area contributed by atoms with Crippen LogP contribution in [-0.2, 0) is 0 Å². The van der Waals surface area contributed by atoms with Crippen LogP contribution in [0.5, 0.6) is 23.0 Å². The predicted octanol–water partition coefficient (Wildman–Crippen LogP) is 5.40. The summed E-state index contributed by atoms with van der Waals surface area (Å²) < 4.78 is 16.6. The fourth-order valence-corrected chi connectivity index (χ4v) is 4.19. The molecule has 7 heteroatoms. The molecule has 0 aromatic heterocycles. The van der Waals surface area contributed by atoms with Crippen molar-refractivity contribution in [2.45, 2.75) is 25.6 Å². The van der Waals surface area contributed by atoms with Crippen LogP contribution < -0.4 is 19.5 Å². The van der Waals surface area contributed by atoms with Crippen LogP contribution in [0.2, 0.25) is 5.02 Å². The topological polar surface area (TPSA) is 72.3 Å². The largest absolute Gasteiger partial charge is 0.504 e. The van der Waals surface area contributed by atoms with Gasteiger partial charge in [0.2, 0.25) is 6.79 Å². The summed E-state index contributed by atoms with van der Waals surface area (Å²) in [5.74, 6) is 2.07. The molecule has 5 rings (SSSR count). The number of phenols is 1. The molecule has 0 amide bonds. The lowest BCUT2D eigenvalue weighted by Gasteiger charge is -2.31. The number of para-hydroxylation sites is 1. The molecule has 2 heterocycles. The van der Waals surface area contributed by atoms with Gasteiger partial charge in [-0.2, -0.15) is 0 Å². The fourth-order valence-electron chi connectivity index (χ4n) is 4.07. The molecule has 0 spiro atoms. The van der Waals surface area contributed by atoms with Crippen LogP contribution in [0.3, 0.4) is 0 Å². The summed E-state index contributed by atoms with van der Waals surface area (Å²) in [6, 6.07) is 18.9. The minimum absolute atomic E-state index is 0.147. The maximum absolute atomic E-state index is 10.9. The van der Waals surface area contributed by atoms with E-state index in [1.807, 2.05) is 61.5 Å². The van der Waals surface area contributed by atoms with Gasteiger partial charge in [0, 0.05) is 28.8 Å². The summed E-state index contributed by atoms with van der Waals surface area (Å²) >= 11 is 6.09. The van der Waals surface area contributed by atoms with Crippen molar-refractivity contribution in [1.82, 2.24) is 5.32 Å². The molecule has 3 aromatic carbocycles. The standard InChI is InChI=1S/C25H23ClN2O4/c1-2-30-22-5-3-4-18(24(22)29)20-13-19(16-8-11-21-23(12-16)32-14-31-21)27-25(28-20)15-6-9-17(26)10-7-15/h3-12,20,25,28-29H,2,13-14H2,1H3/t20-,25-/m1/s1. The number of hydrogen-bond acceptors (Lipinski definition) is 6. The Labute approximate surface area is 191 Å². The minimum atomic E-state index is -0.304. The Bertz CT molecular complexity index is 1160. The molecule has 32 heavy (non-hydrogen) atoms. The van der Waals surface area contributed by atoms with Gasteiger partial charge in [-0.1, -0.05) is 35.9 Å². The maximum atomic E-state index is 10.9. The van der Waals surface area contributed by atoms with Gasteiger partial charge >= 0.3 is 0 Å². The summed E-state index contributed by atoms with van der Waals surface area (Å²) in [5.41, 5.74) is 3.62. The van der Waals surface area contributed by atoms with Gasteiger partial charge in [0.15, 0.2) is 23.0 Å². The number of aromatic hydroxyl groups is 1. The van der Waals surface area contributed by atoms with Crippen LogP contribution >= 0.6 is 11.6 Å². The average molecular weight is 451 g/mol. The summed E-state index contributed by atoms with van der Waals surface area (Å²) in [6.07, 6.45) is 0.286. The van der Waals surface area contributed by atoms with E-state index in [9.17, 15) is 5.11 Å². The number of nitrogens with one attached hydrogen (secondary N) is 1. The van der Waals surface area contributed by atoms with Crippen molar-refractivity contribution in [2.24, 2.45) is 4.99 Å². The highest BCUT2D eigenvalue weighted by Gasteiger charge is 2.29. The Morgan fingerprint density at radius 3 is 2.72 bits per heavy atom. The Balaban J connectivity index is 1.55. The lowest BCUT2D eigenvalue weighted by molar-refractivity contribution is 0.174. The van der Waals surface area contributed by atoms with E-state index in [-0.39, 0.29) is 24.8 Å². The Morgan fingerprint density at radius 2 is 1.91 bits per heavy atom. The smallest absolute Gasteiger partial charge is 0.231 e. The second-order valence-electron chi connectivity index (χ2n) is 7.65. The highest BCUT2D eigenvalue weighted by Crippen LogP contribution is 2.40. The van der Waals surface area contributed by atoms with Crippen LogP contribution in [0, 0.1) is 0 Å². The number of phenolic OH excluding ortho intramolecular Hbond substituents is 1. The molecule has 164 valence electrons. The highest BCUT2D eigenvalue weighted by molar-refractivity contribution is 6.30. The average Bonchev–Trinajstić information content (AvgIpc) is 3.29. The quantitative estimate of drug-likeness (QED) is 0.544. The molecule has 2 aliphatic rings. The highest BCUT2D eigenvalue weighted by atomic mass is 35.5. The van der Waals surface area contributed by atoms with Crippen molar-refractivity contribution >= 4 is 17.3 Å². The van der Waals surface area contributed by atoms with Crippen LogP contribution in [0.1, 0.15) is 42.2 Å². The fraction of sp³-hybridized carbons (Fsp3) is 0.240. The monoisotopic (exact) mass is 450 g/mol. The van der Waals surface area contributed by atoms with Gasteiger partial charge in [-0.25, -0.2) is 0 Å². The van der Waals surface area contributed by atoms with Gasteiger partial charge in [-0.05, 0) is 54.4 Å². The van der Waals surface area contributed by atoms with Crippen LogP contribution in [-0.4, -0.2) is 24.2 Å². The molecule has 6 nitrogen and oxygen atoms in total. The first-order valence-corrected chi connectivity index (χ1v) is 10.9. The summed E-state index contributed by atoms with van der Waals surface area (Å²) in [6.45, 7) is 2.60. The van der Waals surface area contributed by atoms with Crippen LogP contribution in [0.15, 0.2) is 65.7 Å². The molecular formula is C25H23ClN2O4. The Morgan fingerprint density at radius 1 is 1.09 bits per heavy atom. The van der Waals surface area contributed by atoms with Crippen molar-refractivity contribution in [3.05, 3.63) is 82.4 Å². The third-order valence-corrected chi connectivity index (χ3v) is 5.89. The van der Waals surface area contributed by atoms with Crippen molar-refractivity contribution in [1.29, 1.82) is 0 Å². The van der Waals surface area contributed by atoms with E-state index >= 15 is 0 Å². The zero-order valence-corrected chi connectivity index (χ0v) is 18.3. The molecule has 0 aliphatic carbocycles. The second kappa shape index (κ2) is 8.73. The normalized spacial score (nSPS) is 19.5. The van der Waals surface area contributed by atoms with Gasteiger partial charge in [-0.3, -0.25) is 10.3 Å². The number of fused-ring (bicyclic) bond motifs is 1. The molecule has 2 atom stereocenters. The SMILES string of the molecule is CCOc1cccc([C@H]2CC(c3ccc4c(c3)OCO4)=N[C@@H](c3ccc(Cl)cc3)N2)c1O.